The van der Waals surface area contributed by atoms with E-state index in [1.807, 2.05) is 12.1 Å². The van der Waals surface area contributed by atoms with E-state index in [1.165, 1.54) is 24.3 Å². The number of non-ortho nitro benzene ring substituents is 1. The molecule has 192 valence electrons. The van der Waals surface area contributed by atoms with E-state index >= 15 is 0 Å². The standard InChI is InChI=1S/C28H28N2O7/c1-3-37-24(31)18-23(19-14-16-22(17-15-19)30(35)36)25(26(32)33)29-27(34)28(2,20-10-6-4-7-11-20)21-12-8-5-9-13-21/h4-17,23,25H,3,18H2,1-2H3,(H,29,34)(H,32,33)/t23-,25+/m1/s1. The molecule has 9 heteroatoms. The third-order valence-electron chi connectivity index (χ3n) is 6.34. The fraction of sp³-hybridized carbons (Fsp3) is 0.250. The van der Waals surface area contributed by atoms with Crippen molar-refractivity contribution in [2.45, 2.75) is 37.6 Å². The smallest absolute Gasteiger partial charge is 0.326 e. The number of benzene rings is 3. The van der Waals surface area contributed by atoms with Crippen molar-refractivity contribution in [3.05, 3.63) is 112 Å². The van der Waals surface area contributed by atoms with Crippen LogP contribution in [0.3, 0.4) is 0 Å². The lowest BCUT2D eigenvalue weighted by Gasteiger charge is -2.33. The second kappa shape index (κ2) is 11.9. The molecule has 0 fully saturated rings. The SMILES string of the molecule is CCOC(=O)C[C@H](c1ccc([N+](=O)[O-])cc1)[C@H](NC(=O)C(C)(c1ccccc1)c1ccccc1)C(=O)O. The number of nitro benzene ring substituents is 1. The Hall–Kier alpha value is -4.53. The number of nitro groups is 1. The summed E-state index contributed by atoms with van der Waals surface area (Å²) in [6, 6.07) is 21.6. The Morgan fingerprint density at radius 2 is 1.46 bits per heavy atom. The Balaban J connectivity index is 2.05. The van der Waals surface area contributed by atoms with Crippen LogP contribution in [0.2, 0.25) is 0 Å². The van der Waals surface area contributed by atoms with Gasteiger partial charge in [0.15, 0.2) is 0 Å². The van der Waals surface area contributed by atoms with Crippen LogP contribution in [0.25, 0.3) is 0 Å². The van der Waals surface area contributed by atoms with Crippen molar-refractivity contribution in [3.8, 4) is 0 Å². The summed E-state index contributed by atoms with van der Waals surface area (Å²) < 4.78 is 5.04. The summed E-state index contributed by atoms with van der Waals surface area (Å²) in [7, 11) is 0. The van der Waals surface area contributed by atoms with Gasteiger partial charge in [-0.05, 0) is 30.5 Å². The number of aliphatic carboxylic acids is 1. The van der Waals surface area contributed by atoms with E-state index in [-0.39, 0.29) is 18.7 Å². The highest BCUT2D eigenvalue weighted by molar-refractivity contribution is 5.94. The van der Waals surface area contributed by atoms with Gasteiger partial charge in [-0.3, -0.25) is 19.7 Å². The number of esters is 1. The fourth-order valence-corrected chi connectivity index (χ4v) is 4.26. The van der Waals surface area contributed by atoms with Crippen LogP contribution in [-0.2, 0) is 24.5 Å². The zero-order valence-electron chi connectivity index (χ0n) is 20.5. The second-order valence-electron chi connectivity index (χ2n) is 8.61. The van der Waals surface area contributed by atoms with Crippen molar-refractivity contribution in [3.63, 3.8) is 0 Å². The molecule has 3 rings (SSSR count). The summed E-state index contributed by atoms with van der Waals surface area (Å²) in [5, 5.41) is 23.9. The zero-order valence-corrected chi connectivity index (χ0v) is 20.5. The molecule has 37 heavy (non-hydrogen) atoms. The molecule has 0 saturated carbocycles. The number of ether oxygens (including phenoxy) is 1. The van der Waals surface area contributed by atoms with Crippen LogP contribution in [0.4, 0.5) is 5.69 Å². The maximum Gasteiger partial charge on any atom is 0.326 e. The van der Waals surface area contributed by atoms with Crippen LogP contribution in [0.1, 0.15) is 42.9 Å². The van der Waals surface area contributed by atoms with Crippen molar-refractivity contribution in [1.29, 1.82) is 0 Å². The van der Waals surface area contributed by atoms with Gasteiger partial charge in [-0.2, -0.15) is 0 Å². The highest BCUT2D eigenvalue weighted by Crippen LogP contribution is 2.34. The van der Waals surface area contributed by atoms with Gasteiger partial charge in [0, 0.05) is 18.1 Å². The topological polar surface area (TPSA) is 136 Å². The first kappa shape index (κ1) is 27.1. The summed E-state index contributed by atoms with van der Waals surface area (Å²) in [6.45, 7) is 3.43. The molecule has 0 heterocycles. The van der Waals surface area contributed by atoms with Gasteiger partial charge in [0.2, 0.25) is 5.91 Å². The largest absolute Gasteiger partial charge is 0.480 e. The number of nitrogens with zero attached hydrogens (tertiary/aromatic N) is 1. The van der Waals surface area contributed by atoms with E-state index in [2.05, 4.69) is 5.32 Å². The lowest BCUT2D eigenvalue weighted by Crippen LogP contribution is -2.52. The molecule has 3 aromatic rings. The maximum atomic E-state index is 13.9. The first-order chi connectivity index (χ1) is 17.7. The van der Waals surface area contributed by atoms with Gasteiger partial charge in [-0.15, -0.1) is 0 Å². The van der Waals surface area contributed by atoms with Crippen LogP contribution in [0.5, 0.6) is 0 Å². The number of carbonyl (C=O) groups is 3. The molecule has 0 unspecified atom stereocenters. The van der Waals surface area contributed by atoms with Gasteiger partial charge < -0.3 is 15.2 Å². The van der Waals surface area contributed by atoms with Crippen LogP contribution in [0, 0.1) is 10.1 Å². The van der Waals surface area contributed by atoms with Gasteiger partial charge in [0.1, 0.15) is 6.04 Å². The Kier molecular flexibility index (Phi) is 8.73. The number of carbonyl (C=O) groups excluding carboxylic acids is 2. The van der Waals surface area contributed by atoms with Crippen molar-refractivity contribution >= 4 is 23.5 Å². The minimum absolute atomic E-state index is 0.0933. The first-order valence-electron chi connectivity index (χ1n) is 11.7. The van der Waals surface area contributed by atoms with Crippen molar-refractivity contribution in [1.82, 2.24) is 5.32 Å². The van der Waals surface area contributed by atoms with E-state index in [0.29, 0.717) is 16.7 Å². The van der Waals surface area contributed by atoms with Gasteiger partial charge in [0.05, 0.1) is 23.4 Å². The molecular formula is C28H28N2O7. The monoisotopic (exact) mass is 504 g/mol. The Bertz CT molecular complexity index is 1210. The molecule has 0 spiro atoms. The van der Waals surface area contributed by atoms with Gasteiger partial charge in [0.25, 0.3) is 5.69 Å². The molecular weight excluding hydrogens is 476 g/mol. The maximum absolute atomic E-state index is 13.9. The van der Waals surface area contributed by atoms with Crippen LogP contribution >= 0.6 is 0 Å². The molecule has 0 aromatic heterocycles. The summed E-state index contributed by atoms with van der Waals surface area (Å²) in [4.78, 5) is 49.3. The van der Waals surface area contributed by atoms with E-state index in [0.717, 1.165) is 0 Å². The minimum Gasteiger partial charge on any atom is -0.480 e. The molecule has 0 aliphatic rings. The van der Waals surface area contributed by atoms with Crippen molar-refractivity contribution < 1.29 is 29.2 Å². The summed E-state index contributed by atoms with van der Waals surface area (Å²) >= 11 is 0. The van der Waals surface area contributed by atoms with Crippen LogP contribution in [0.15, 0.2) is 84.9 Å². The second-order valence-corrected chi connectivity index (χ2v) is 8.61. The molecule has 0 aliphatic carbocycles. The third kappa shape index (κ3) is 6.19. The first-order valence-corrected chi connectivity index (χ1v) is 11.7. The quantitative estimate of drug-likeness (QED) is 0.227. The highest BCUT2D eigenvalue weighted by Gasteiger charge is 2.41. The normalized spacial score (nSPS) is 12.7. The average molecular weight is 505 g/mol. The summed E-state index contributed by atoms with van der Waals surface area (Å²) in [6.07, 6.45) is -0.351. The molecule has 0 bridgehead atoms. The van der Waals surface area contributed by atoms with Crippen molar-refractivity contribution in [2.24, 2.45) is 0 Å². The van der Waals surface area contributed by atoms with Gasteiger partial charge in [-0.1, -0.05) is 72.8 Å². The summed E-state index contributed by atoms with van der Waals surface area (Å²) in [5.41, 5.74) is 0.211. The zero-order chi connectivity index (χ0) is 27.0. The van der Waals surface area contributed by atoms with Gasteiger partial charge in [-0.25, -0.2) is 4.79 Å². The molecule has 0 radical (unpaired) electrons. The third-order valence-corrected chi connectivity index (χ3v) is 6.34. The van der Waals surface area contributed by atoms with E-state index in [4.69, 9.17) is 4.74 Å². The summed E-state index contributed by atoms with van der Waals surface area (Å²) in [5.74, 6) is -3.63. The number of amides is 1. The Morgan fingerprint density at radius 1 is 0.946 bits per heavy atom. The fourth-order valence-electron chi connectivity index (χ4n) is 4.26. The van der Waals surface area contributed by atoms with E-state index in [1.54, 1.807) is 62.4 Å². The number of hydrogen-bond donors (Lipinski definition) is 2. The number of carboxylic acid groups (broad SMARTS) is 1. The number of hydrogen-bond acceptors (Lipinski definition) is 6. The van der Waals surface area contributed by atoms with Crippen molar-refractivity contribution in [2.75, 3.05) is 6.61 Å². The lowest BCUT2D eigenvalue weighted by atomic mass is 9.75. The minimum atomic E-state index is -1.52. The number of nitrogens with one attached hydrogen (secondary N) is 1. The highest BCUT2D eigenvalue weighted by atomic mass is 16.6. The van der Waals surface area contributed by atoms with E-state index in [9.17, 15) is 29.6 Å². The molecule has 1 amide bonds. The number of carboxylic acids is 1. The predicted octanol–water partition coefficient (Wildman–Crippen LogP) is 4.21. The Labute approximate surface area is 214 Å². The molecule has 3 aromatic carbocycles. The predicted molar refractivity (Wildman–Crippen MR) is 136 cm³/mol. The molecule has 0 saturated heterocycles. The van der Waals surface area contributed by atoms with Crippen LogP contribution in [-0.4, -0.2) is 40.5 Å². The lowest BCUT2D eigenvalue weighted by molar-refractivity contribution is -0.384. The Morgan fingerprint density at radius 3 is 1.89 bits per heavy atom. The molecule has 9 nitrogen and oxygen atoms in total. The molecule has 0 aliphatic heterocycles. The molecule has 2 atom stereocenters. The van der Waals surface area contributed by atoms with E-state index < -0.39 is 40.1 Å². The van der Waals surface area contributed by atoms with Gasteiger partial charge >= 0.3 is 11.9 Å². The molecule has 2 N–H and O–H groups in total. The van der Waals surface area contributed by atoms with Crippen LogP contribution < -0.4 is 5.32 Å². The average Bonchev–Trinajstić information content (AvgIpc) is 2.91. The number of rotatable bonds is 11.